The molecule has 0 saturated heterocycles. The van der Waals surface area contributed by atoms with Gasteiger partial charge in [0.25, 0.3) is 0 Å². The summed E-state index contributed by atoms with van der Waals surface area (Å²) in [6, 6.07) is -0.345. The molecule has 3 nitrogen and oxygen atoms in total. The van der Waals surface area contributed by atoms with Gasteiger partial charge in [0.05, 0.1) is 6.04 Å². The van der Waals surface area contributed by atoms with Crippen molar-refractivity contribution in [3.63, 3.8) is 0 Å². The minimum absolute atomic E-state index is 0.0296. The van der Waals surface area contributed by atoms with Crippen LogP contribution in [0.5, 0.6) is 0 Å². The highest BCUT2D eigenvalue weighted by Crippen LogP contribution is 2.30. The summed E-state index contributed by atoms with van der Waals surface area (Å²) >= 11 is 0. The number of nitrogens with one attached hydrogen (secondary N) is 1. The zero-order valence-corrected chi connectivity index (χ0v) is 12.2. The first-order chi connectivity index (χ1) is 8.58. The molecule has 1 saturated carbocycles. The lowest BCUT2D eigenvalue weighted by molar-refractivity contribution is -0.123. The lowest BCUT2D eigenvalue weighted by atomic mass is 9.81. The standard InChI is InChI=1S/C15H30N2O/c1-4-11(3)14(16)15(18)17-10-13-8-6-12(5-2)7-9-13/h11-14H,4-10,16H2,1-3H3,(H,17,18). The van der Waals surface area contributed by atoms with Gasteiger partial charge in [-0.1, -0.05) is 46.5 Å². The van der Waals surface area contributed by atoms with Crippen LogP contribution in [0.2, 0.25) is 0 Å². The van der Waals surface area contributed by atoms with Crippen molar-refractivity contribution in [2.75, 3.05) is 6.54 Å². The van der Waals surface area contributed by atoms with Crippen LogP contribution in [0.1, 0.15) is 59.3 Å². The Kier molecular flexibility index (Phi) is 6.69. The molecule has 0 bridgehead atoms. The lowest BCUT2D eigenvalue weighted by Crippen LogP contribution is -2.46. The third-order valence-electron chi connectivity index (χ3n) is 4.67. The van der Waals surface area contributed by atoms with E-state index in [2.05, 4.69) is 19.2 Å². The number of amides is 1. The summed E-state index contributed by atoms with van der Waals surface area (Å²) in [7, 11) is 0. The van der Waals surface area contributed by atoms with Crippen LogP contribution in [0.25, 0.3) is 0 Å². The summed E-state index contributed by atoms with van der Waals surface area (Å²) in [4.78, 5) is 11.9. The van der Waals surface area contributed by atoms with E-state index in [1.807, 2.05) is 6.92 Å². The van der Waals surface area contributed by atoms with Gasteiger partial charge in [-0.25, -0.2) is 0 Å². The van der Waals surface area contributed by atoms with E-state index in [-0.39, 0.29) is 17.9 Å². The highest BCUT2D eigenvalue weighted by molar-refractivity contribution is 5.81. The molecule has 0 aromatic heterocycles. The predicted octanol–water partition coefficient (Wildman–Crippen LogP) is 2.69. The predicted molar refractivity (Wildman–Crippen MR) is 76.2 cm³/mol. The maximum absolute atomic E-state index is 11.9. The van der Waals surface area contributed by atoms with Gasteiger partial charge in [-0.3, -0.25) is 4.79 Å². The van der Waals surface area contributed by atoms with Crippen LogP contribution in [0.15, 0.2) is 0 Å². The Morgan fingerprint density at radius 1 is 1.22 bits per heavy atom. The Labute approximate surface area is 112 Å². The summed E-state index contributed by atoms with van der Waals surface area (Å²) in [5.74, 6) is 1.88. The molecule has 0 aromatic carbocycles. The minimum atomic E-state index is -0.345. The Morgan fingerprint density at radius 3 is 2.28 bits per heavy atom. The van der Waals surface area contributed by atoms with Gasteiger partial charge < -0.3 is 11.1 Å². The molecule has 1 rings (SSSR count). The van der Waals surface area contributed by atoms with E-state index in [4.69, 9.17) is 5.73 Å². The molecule has 18 heavy (non-hydrogen) atoms. The molecular weight excluding hydrogens is 224 g/mol. The molecule has 3 heteroatoms. The third kappa shape index (κ3) is 4.60. The fraction of sp³-hybridized carbons (Fsp3) is 0.933. The van der Waals surface area contributed by atoms with Gasteiger partial charge in [0.15, 0.2) is 0 Å². The Balaban J connectivity index is 2.23. The number of carbonyl (C=O) groups is 1. The van der Waals surface area contributed by atoms with Crippen LogP contribution >= 0.6 is 0 Å². The summed E-state index contributed by atoms with van der Waals surface area (Å²) < 4.78 is 0. The van der Waals surface area contributed by atoms with Crippen molar-refractivity contribution in [3.8, 4) is 0 Å². The van der Waals surface area contributed by atoms with Gasteiger partial charge in [0, 0.05) is 6.54 Å². The van der Waals surface area contributed by atoms with Crippen LogP contribution in [0.4, 0.5) is 0 Å². The third-order valence-corrected chi connectivity index (χ3v) is 4.67. The largest absolute Gasteiger partial charge is 0.354 e. The van der Waals surface area contributed by atoms with Crippen molar-refractivity contribution < 1.29 is 4.79 Å². The van der Waals surface area contributed by atoms with Crippen LogP contribution in [0, 0.1) is 17.8 Å². The molecule has 3 N–H and O–H groups in total. The van der Waals surface area contributed by atoms with Gasteiger partial charge in [0.1, 0.15) is 0 Å². The van der Waals surface area contributed by atoms with E-state index in [0.29, 0.717) is 5.92 Å². The van der Waals surface area contributed by atoms with Gasteiger partial charge in [-0.15, -0.1) is 0 Å². The normalized spacial score (nSPS) is 27.6. The second kappa shape index (κ2) is 7.78. The fourth-order valence-corrected chi connectivity index (χ4v) is 2.72. The Bertz CT molecular complexity index is 247. The molecule has 0 heterocycles. The highest BCUT2D eigenvalue weighted by Gasteiger charge is 2.23. The minimum Gasteiger partial charge on any atom is -0.354 e. The molecule has 0 aromatic rings. The first-order valence-corrected chi connectivity index (χ1v) is 7.61. The summed E-state index contributed by atoms with van der Waals surface area (Å²) in [5, 5.41) is 3.04. The molecular formula is C15H30N2O. The zero-order chi connectivity index (χ0) is 13.5. The van der Waals surface area contributed by atoms with Crippen LogP contribution in [-0.2, 0) is 4.79 Å². The van der Waals surface area contributed by atoms with Gasteiger partial charge >= 0.3 is 0 Å². The molecule has 1 amide bonds. The first-order valence-electron chi connectivity index (χ1n) is 7.61. The topological polar surface area (TPSA) is 55.1 Å². The van der Waals surface area contributed by atoms with E-state index in [1.165, 1.54) is 32.1 Å². The van der Waals surface area contributed by atoms with Crippen molar-refractivity contribution in [1.82, 2.24) is 5.32 Å². The quantitative estimate of drug-likeness (QED) is 0.765. The molecule has 1 fully saturated rings. The SMILES string of the molecule is CCC1CCC(CNC(=O)C(N)C(C)CC)CC1. The molecule has 106 valence electrons. The van der Waals surface area contributed by atoms with Crippen molar-refractivity contribution in [1.29, 1.82) is 0 Å². The molecule has 2 atom stereocenters. The Hall–Kier alpha value is -0.570. The second-order valence-electron chi connectivity index (χ2n) is 5.95. The number of hydrogen-bond acceptors (Lipinski definition) is 2. The Morgan fingerprint density at radius 2 is 1.78 bits per heavy atom. The number of rotatable bonds is 6. The van der Waals surface area contributed by atoms with Crippen LogP contribution in [-0.4, -0.2) is 18.5 Å². The zero-order valence-electron chi connectivity index (χ0n) is 12.2. The lowest BCUT2D eigenvalue weighted by Gasteiger charge is -2.28. The average molecular weight is 254 g/mol. The van der Waals surface area contributed by atoms with Gasteiger partial charge in [0.2, 0.25) is 5.91 Å². The molecule has 1 aliphatic carbocycles. The van der Waals surface area contributed by atoms with E-state index in [1.54, 1.807) is 0 Å². The average Bonchev–Trinajstić information content (AvgIpc) is 2.43. The van der Waals surface area contributed by atoms with Crippen molar-refractivity contribution in [2.24, 2.45) is 23.5 Å². The van der Waals surface area contributed by atoms with E-state index >= 15 is 0 Å². The van der Waals surface area contributed by atoms with Crippen LogP contribution < -0.4 is 11.1 Å². The molecule has 0 spiro atoms. The van der Waals surface area contributed by atoms with E-state index < -0.39 is 0 Å². The first kappa shape index (κ1) is 15.5. The molecule has 0 aliphatic heterocycles. The summed E-state index contributed by atoms with van der Waals surface area (Å²) in [5.41, 5.74) is 5.92. The smallest absolute Gasteiger partial charge is 0.237 e. The highest BCUT2D eigenvalue weighted by atomic mass is 16.2. The maximum atomic E-state index is 11.9. The van der Waals surface area contributed by atoms with Crippen molar-refractivity contribution in [3.05, 3.63) is 0 Å². The number of carbonyl (C=O) groups excluding carboxylic acids is 1. The van der Waals surface area contributed by atoms with Crippen LogP contribution in [0.3, 0.4) is 0 Å². The van der Waals surface area contributed by atoms with Crippen molar-refractivity contribution in [2.45, 2.75) is 65.3 Å². The molecule has 0 radical (unpaired) electrons. The summed E-state index contributed by atoms with van der Waals surface area (Å²) in [6.45, 7) is 7.21. The summed E-state index contributed by atoms with van der Waals surface area (Å²) in [6.07, 6.45) is 7.44. The second-order valence-corrected chi connectivity index (χ2v) is 5.95. The number of hydrogen-bond donors (Lipinski definition) is 2. The van der Waals surface area contributed by atoms with E-state index in [0.717, 1.165) is 18.9 Å². The number of nitrogens with two attached hydrogens (primary N) is 1. The monoisotopic (exact) mass is 254 g/mol. The maximum Gasteiger partial charge on any atom is 0.237 e. The van der Waals surface area contributed by atoms with E-state index in [9.17, 15) is 4.79 Å². The van der Waals surface area contributed by atoms with Crippen molar-refractivity contribution >= 4 is 5.91 Å². The molecule has 1 aliphatic rings. The van der Waals surface area contributed by atoms with Gasteiger partial charge in [-0.05, 0) is 30.6 Å². The molecule has 2 unspecified atom stereocenters. The van der Waals surface area contributed by atoms with Gasteiger partial charge in [-0.2, -0.15) is 0 Å². The fourth-order valence-electron chi connectivity index (χ4n) is 2.72.